The average molecular weight is 298 g/mol. The predicted octanol–water partition coefficient (Wildman–Crippen LogP) is 2.50. The van der Waals surface area contributed by atoms with Crippen molar-refractivity contribution < 1.29 is 0 Å². The Hall–Kier alpha value is -2.37. The molecule has 6 heteroatoms. The van der Waals surface area contributed by atoms with Gasteiger partial charge in [0.1, 0.15) is 0 Å². The predicted molar refractivity (Wildman–Crippen MR) is 85.5 cm³/mol. The Labute approximate surface area is 130 Å². The lowest BCUT2D eigenvalue weighted by Gasteiger charge is -2.08. The zero-order valence-corrected chi connectivity index (χ0v) is 13.6. The zero-order chi connectivity index (χ0) is 15.7. The van der Waals surface area contributed by atoms with Crippen LogP contribution in [0.15, 0.2) is 24.8 Å². The summed E-state index contributed by atoms with van der Waals surface area (Å²) < 4.78 is 6.11. The summed E-state index contributed by atoms with van der Waals surface area (Å²) in [7, 11) is 1.94. The lowest BCUT2D eigenvalue weighted by Crippen LogP contribution is -2.07. The van der Waals surface area contributed by atoms with E-state index in [1.165, 1.54) is 5.69 Å². The Bertz CT molecular complexity index is 777. The summed E-state index contributed by atoms with van der Waals surface area (Å²) >= 11 is 0. The van der Waals surface area contributed by atoms with Crippen molar-refractivity contribution in [3.8, 4) is 11.3 Å². The van der Waals surface area contributed by atoms with E-state index in [0.717, 1.165) is 42.2 Å². The fourth-order valence-corrected chi connectivity index (χ4v) is 2.87. The molecule has 0 atom stereocenters. The number of nitrogens with zero attached hydrogens (tertiary/aromatic N) is 6. The van der Waals surface area contributed by atoms with E-state index in [4.69, 9.17) is 0 Å². The van der Waals surface area contributed by atoms with Crippen LogP contribution in [0.3, 0.4) is 0 Å². The number of hydrogen-bond acceptors (Lipinski definition) is 3. The third-order valence-corrected chi connectivity index (χ3v) is 3.87. The Morgan fingerprint density at radius 3 is 2.55 bits per heavy atom. The van der Waals surface area contributed by atoms with E-state index in [-0.39, 0.29) is 0 Å². The quantitative estimate of drug-likeness (QED) is 0.727. The summed E-state index contributed by atoms with van der Waals surface area (Å²) in [6.45, 7) is 8.00. The topological polar surface area (TPSA) is 53.5 Å². The second-order valence-corrected chi connectivity index (χ2v) is 5.78. The van der Waals surface area contributed by atoms with Gasteiger partial charge in [-0.15, -0.1) is 0 Å². The molecule has 0 saturated heterocycles. The highest BCUT2D eigenvalue weighted by molar-refractivity contribution is 5.60. The molecule has 0 aromatic carbocycles. The average Bonchev–Trinajstić information content (AvgIpc) is 3.11. The van der Waals surface area contributed by atoms with E-state index >= 15 is 0 Å². The van der Waals surface area contributed by atoms with Crippen molar-refractivity contribution in [1.82, 2.24) is 29.1 Å². The first-order valence-corrected chi connectivity index (χ1v) is 7.56. The molecule has 0 bridgehead atoms. The maximum absolute atomic E-state index is 4.51. The third-order valence-electron chi connectivity index (χ3n) is 3.87. The summed E-state index contributed by atoms with van der Waals surface area (Å²) in [5.41, 5.74) is 5.59. The summed E-state index contributed by atoms with van der Waals surface area (Å²) in [4.78, 5) is 4.30. The Morgan fingerprint density at radius 2 is 1.91 bits per heavy atom. The van der Waals surface area contributed by atoms with Gasteiger partial charge < -0.3 is 4.57 Å². The van der Waals surface area contributed by atoms with Crippen molar-refractivity contribution in [2.24, 2.45) is 7.05 Å². The number of hydrogen-bond donors (Lipinski definition) is 0. The lowest BCUT2D eigenvalue weighted by atomic mass is 10.2. The van der Waals surface area contributed by atoms with Gasteiger partial charge >= 0.3 is 0 Å². The van der Waals surface area contributed by atoms with Crippen LogP contribution < -0.4 is 0 Å². The van der Waals surface area contributed by atoms with Gasteiger partial charge in [-0.05, 0) is 33.3 Å². The Balaban J connectivity index is 1.71. The SMILES string of the molecule is Cc1cc(C)n(CCCn2cncc2-c2cn(C)nc2C)n1. The normalized spacial score (nSPS) is 11.3. The molecule has 6 nitrogen and oxygen atoms in total. The lowest BCUT2D eigenvalue weighted by molar-refractivity contribution is 0.518. The van der Waals surface area contributed by atoms with Gasteiger partial charge in [-0.25, -0.2) is 4.98 Å². The number of rotatable bonds is 5. The van der Waals surface area contributed by atoms with Gasteiger partial charge in [0.25, 0.3) is 0 Å². The molecule has 0 unspecified atom stereocenters. The molecular formula is C16H22N6. The second kappa shape index (κ2) is 5.79. The van der Waals surface area contributed by atoms with Crippen LogP contribution in [-0.2, 0) is 20.1 Å². The van der Waals surface area contributed by atoms with Crippen LogP contribution in [0.5, 0.6) is 0 Å². The smallest absolute Gasteiger partial charge is 0.0950 e. The number of aromatic nitrogens is 6. The van der Waals surface area contributed by atoms with Crippen LogP contribution in [-0.4, -0.2) is 29.1 Å². The molecule has 0 amide bonds. The molecule has 0 saturated carbocycles. The first kappa shape index (κ1) is 14.6. The van der Waals surface area contributed by atoms with Crippen molar-refractivity contribution in [3.05, 3.63) is 41.9 Å². The van der Waals surface area contributed by atoms with E-state index in [0.29, 0.717) is 0 Å². The molecule has 3 rings (SSSR count). The summed E-state index contributed by atoms with van der Waals surface area (Å²) in [6, 6.07) is 2.11. The fourth-order valence-electron chi connectivity index (χ4n) is 2.87. The van der Waals surface area contributed by atoms with Gasteiger partial charge in [0, 0.05) is 37.6 Å². The van der Waals surface area contributed by atoms with Crippen molar-refractivity contribution in [3.63, 3.8) is 0 Å². The highest BCUT2D eigenvalue weighted by Gasteiger charge is 2.11. The minimum Gasteiger partial charge on any atom is -0.330 e. The monoisotopic (exact) mass is 298 g/mol. The molecule has 3 aromatic heterocycles. The molecule has 3 heterocycles. The summed E-state index contributed by atoms with van der Waals surface area (Å²) in [6.07, 6.45) is 6.87. The van der Waals surface area contributed by atoms with E-state index in [2.05, 4.69) is 37.4 Å². The first-order valence-electron chi connectivity index (χ1n) is 7.56. The van der Waals surface area contributed by atoms with Crippen LogP contribution in [0.25, 0.3) is 11.3 Å². The van der Waals surface area contributed by atoms with Gasteiger partial charge in [0.05, 0.1) is 29.6 Å². The number of imidazole rings is 1. The standard InChI is InChI=1S/C16H22N6/c1-12-8-13(2)22(18-12)7-5-6-21-11-17-9-16(21)15-10-20(4)19-14(15)3/h8-11H,5-7H2,1-4H3. The van der Waals surface area contributed by atoms with Crippen molar-refractivity contribution >= 4 is 0 Å². The minimum atomic E-state index is 0.919. The largest absolute Gasteiger partial charge is 0.330 e. The Morgan fingerprint density at radius 1 is 1.09 bits per heavy atom. The summed E-state index contributed by atoms with van der Waals surface area (Å²) in [5.74, 6) is 0. The zero-order valence-electron chi connectivity index (χ0n) is 13.6. The van der Waals surface area contributed by atoms with E-state index in [9.17, 15) is 0 Å². The molecule has 22 heavy (non-hydrogen) atoms. The third kappa shape index (κ3) is 2.81. The van der Waals surface area contributed by atoms with Crippen LogP contribution in [0.2, 0.25) is 0 Å². The van der Waals surface area contributed by atoms with E-state index in [1.807, 2.05) is 44.3 Å². The van der Waals surface area contributed by atoms with Crippen molar-refractivity contribution in [1.29, 1.82) is 0 Å². The molecule has 0 aliphatic heterocycles. The molecular weight excluding hydrogens is 276 g/mol. The maximum atomic E-state index is 4.51. The molecule has 0 spiro atoms. The van der Waals surface area contributed by atoms with E-state index < -0.39 is 0 Å². The molecule has 0 N–H and O–H groups in total. The Kier molecular flexibility index (Phi) is 3.83. The highest BCUT2D eigenvalue weighted by atomic mass is 15.3. The molecule has 0 aliphatic carbocycles. The van der Waals surface area contributed by atoms with Gasteiger partial charge in [-0.1, -0.05) is 0 Å². The maximum Gasteiger partial charge on any atom is 0.0950 e. The number of aryl methyl sites for hydroxylation is 6. The van der Waals surface area contributed by atoms with Crippen molar-refractivity contribution in [2.75, 3.05) is 0 Å². The van der Waals surface area contributed by atoms with Crippen LogP contribution in [0.1, 0.15) is 23.5 Å². The highest BCUT2D eigenvalue weighted by Crippen LogP contribution is 2.22. The van der Waals surface area contributed by atoms with Gasteiger partial charge in [0.15, 0.2) is 0 Å². The van der Waals surface area contributed by atoms with Crippen LogP contribution in [0.4, 0.5) is 0 Å². The van der Waals surface area contributed by atoms with Crippen LogP contribution in [0, 0.1) is 20.8 Å². The van der Waals surface area contributed by atoms with Gasteiger partial charge in [-0.3, -0.25) is 9.36 Å². The van der Waals surface area contributed by atoms with Crippen LogP contribution >= 0.6 is 0 Å². The molecule has 3 aromatic rings. The molecule has 0 radical (unpaired) electrons. The van der Waals surface area contributed by atoms with Crippen molar-refractivity contribution in [2.45, 2.75) is 40.3 Å². The minimum absolute atomic E-state index is 0.919. The van der Waals surface area contributed by atoms with E-state index in [1.54, 1.807) is 0 Å². The van der Waals surface area contributed by atoms with Gasteiger partial charge in [0.2, 0.25) is 0 Å². The molecule has 116 valence electrons. The fraction of sp³-hybridized carbons (Fsp3) is 0.438. The molecule has 0 fully saturated rings. The second-order valence-electron chi connectivity index (χ2n) is 5.78. The van der Waals surface area contributed by atoms with Gasteiger partial charge in [-0.2, -0.15) is 10.2 Å². The summed E-state index contributed by atoms with van der Waals surface area (Å²) in [5, 5.41) is 8.92. The first-order chi connectivity index (χ1) is 10.5. The molecule has 0 aliphatic rings.